The van der Waals surface area contributed by atoms with E-state index >= 15 is 0 Å². The van der Waals surface area contributed by atoms with E-state index in [1.807, 2.05) is 18.2 Å². The van der Waals surface area contributed by atoms with Crippen molar-refractivity contribution in [3.05, 3.63) is 66.0 Å². The molecule has 0 unspecified atom stereocenters. The molecule has 0 aliphatic carbocycles. The van der Waals surface area contributed by atoms with Crippen LogP contribution in [0, 0.1) is 0 Å². The summed E-state index contributed by atoms with van der Waals surface area (Å²) in [6.07, 6.45) is 1.71. The van der Waals surface area contributed by atoms with Gasteiger partial charge in [-0.3, -0.25) is 9.59 Å². The Morgan fingerprint density at radius 3 is 2.32 bits per heavy atom. The first-order valence-electron chi connectivity index (χ1n) is 5.88. The van der Waals surface area contributed by atoms with E-state index in [1.54, 1.807) is 41.1 Å². The Morgan fingerprint density at radius 1 is 0.947 bits per heavy atom. The first-order chi connectivity index (χ1) is 9.22. The van der Waals surface area contributed by atoms with Crippen LogP contribution in [-0.2, 0) is 6.54 Å². The summed E-state index contributed by atoms with van der Waals surface area (Å²) in [5.41, 5.74) is 1.07. The van der Waals surface area contributed by atoms with Crippen molar-refractivity contribution in [3.63, 3.8) is 0 Å². The number of alkyl halides is 1. The molecule has 0 fully saturated rings. The Morgan fingerprint density at radius 2 is 1.63 bits per heavy atom. The zero-order chi connectivity index (χ0) is 13.7. The van der Waals surface area contributed by atoms with Gasteiger partial charge in [-0.15, -0.1) is 11.6 Å². The highest BCUT2D eigenvalue weighted by Crippen LogP contribution is 2.01. The number of hydrogen-bond donors (Lipinski definition) is 0. The van der Waals surface area contributed by atoms with E-state index in [9.17, 15) is 9.59 Å². The fraction of sp³-hybridized carbons (Fsp3) is 0.133. The average molecular weight is 275 g/mol. The molecule has 1 aromatic heterocycles. The lowest BCUT2D eigenvalue weighted by molar-refractivity contribution is -0.685. The van der Waals surface area contributed by atoms with E-state index in [0.29, 0.717) is 11.3 Å². The van der Waals surface area contributed by atoms with Gasteiger partial charge in [-0.25, -0.2) is 0 Å². The molecule has 3 nitrogen and oxygen atoms in total. The average Bonchev–Trinajstić information content (AvgIpc) is 2.48. The normalized spacial score (nSPS) is 10.2. The van der Waals surface area contributed by atoms with Crippen molar-refractivity contribution in [1.29, 1.82) is 0 Å². The lowest BCUT2D eigenvalue weighted by atomic mass is 10.1. The Balaban J connectivity index is 2.25. The van der Waals surface area contributed by atoms with E-state index in [-0.39, 0.29) is 24.0 Å². The van der Waals surface area contributed by atoms with Crippen LogP contribution >= 0.6 is 11.6 Å². The van der Waals surface area contributed by atoms with E-state index in [2.05, 4.69) is 0 Å². The van der Waals surface area contributed by atoms with Gasteiger partial charge in [-0.05, 0) is 6.07 Å². The number of nitrogens with zero attached hydrogens (tertiary/aromatic N) is 1. The molecule has 0 aliphatic rings. The highest BCUT2D eigenvalue weighted by Gasteiger charge is 2.20. The summed E-state index contributed by atoms with van der Waals surface area (Å²) in [4.78, 5) is 23.8. The minimum absolute atomic E-state index is 0.0413. The molecule has 0 atom stereocenters. The Labute approximate surface area is 116 Å². The summed E-state index contributed by atoms with van der Waals surface area (Å²) >= 11 is 5.56. The second kappa shape index (κ2) is 6.25. The number of aromatic nitrogens is 1. The molecule has 0 aliphatic heterocycles. The summed E-state index contributed by atoms with van der Waals surface area (Å²) in [6.45, 7) is 0.128. The van der Waals surface area contributed by atoms with E-state index in [0.717, 1.165) is 0 Å². The molecule has 96 valence electrons. The Bertz CT molecular complexity index is 596. The maximum absolute atomic E-state index is 12.1. The predicted molar refractivity (Wildman–Crippen MR) is 72.5 cm³/mol. The number of ketones is 2. The minimum Gasteiger partial charge on any atom is -0.287 e. The maximum atomic E-state index is 12.1. The van der Waals surface area contributed by atoms with Crippen LogP contribution in [-0.4, -0.2) is 17.4 Å². The quantitative estimate of drug-likeness (QED) is 0.477. The van der Waals surface area contributed by atoms with Crippen molar-refractivity contribution in [1.82, 2.24) is 0 Å². The molecule has 0 amide bonds. The van der Waals surface area contributed by atoms with Gasteiger partial charge >= 0.3 is 0 Å². The third-order valence-electron chi connectivity index (χ3n) is 2.76. The van der Waals surface area contributed by atoms with Gasteiger partial charge in [0, 0.05) is 17.7 Å². The van der Waals surface area contributed by atoms with Gasteiger partial charge in [0.1, 0.15) is 0 Å². The van der Waals surface area contributed by atoms with Gasteiger partial charge in [-0.2, -0.15) is 4.57 Å². The topological polar surface area (TPSA) is 38.0 Å². The number of rotatable bonds is 5. The van der Waals surface area contributed by atoms with Crippen LogP contribution in [0.15, 0.2) is 54.7 Å². The van der Waals surface area contributed by atoms with E-state index < -0.39 is 0 Å². The zero-order valence-electron chi connectivity index (χ0n) is 10.3. The monoisotopic (exact) mass is 274 g/mol. The van der Waals surface area contributed by atoms with Gasteiger partial charge in [0.05, 0.1) is 5.88 Å². The largest absolute Gasteiger partial charge is 0.287 e. The number of carbonyl (C=O) groups is 2. The van der Waals surface area contributed by atoms with E-state index in [4.69, 9.17) is 11.6 Å². The zero-order valence-corrected chi connectivity index (χ0v) is 11.0. The second-order valence-electron chi connectivity index (χ2n) is 4.06. The number of benzene rings is 1. The fourth-order valence-electron chi connectivity index (χ4n) is 1.81. The van der Waals surface area contributed by atoms with Crippen molar-refractivity contribution in [2.75, 3.05) is 5.88 Å². The van der Waals surface area contributed by atoms with Crippen molar-refractivity contribution in [2.45, 2.75) is 6.54 Å². The van der Waals surface area contributed by atoms with Crippen molar-refractivity contribution < 1.29 is 14.2 Å². The van der Waals surface area contributed by atoms with Crippen molar-refractivity contribution in [2.24, 2.45) is 0 Å². The van der Waals surface area contributed by atoms with Crippen LogP contribution in [0.25, 0.3) is 0 Å². The minimum atomic E-state index is -0.192. The summed E-state index contributed by atoms with van der Waals surface area (Å²) in [5.74, 6) is -0.327. The molecule has 0 spiro atoms. The predicted octanol–water partition coefficient (Wildman–Crippen LogP) is 2.28. The summed E-state index contributed by atoms with van der Waals surface area (Å²) < 4.78 is 1.63. The second-order valence-corrected chi connectivity index (χ2v) is 4.33. The maximum Gasteiger partial charge on any atom is 0.250 e. The SMILES string of the molecule is O=C(C[n+]1ccccc1C(=O)CCl)c1ccccc1. The van der Waals surface area contributed by atoms with Gasteiger partial charge < -0.3 is 0 Å². The van der Waals surface area contributed by atoms with Crippen molar-refractivity contribution in [3.8, 4) is 0 Å². The summed E-state index contributed by atoms with van der Waals surface area (Å²) in [7, 11) is 0. The molecule has 0 saturated heterocycles. The number of pyridine rings is 1. The molecule has 0 radical (unpaired) electrons. The molecular formula is C15H13ClNO2+. The highest BCUT2D eigenvalue weighted by molar-refractivity contribution is 6.29. The number of hydrogen-bond acceptors (Lipinski definition) is 2. The third kappa shape index (κ3) is 3.26. The summed E-state index contributed by atoms with van der Waals surface area (Å²) in [6, 6.07) is 14.2. The standard InChI is InChI=1S/C15H13ClNO2/c16-10-14(18)13-8-4-5-9-17(13)11-15(19)12-6-2-1-3-7-12/h1-9H,10-11H2/q+1. The van der Waals surface area contributed by atoms with E-state index in [1.165, 1.54) is 0 Å². The first kappa shape index (κ1) is 13.4. The van der Waals surface area contributed by atoms with Gasteiger partial charge in [-0.1, -0.05) is 30.3 Å². The van der Waals surface area contributed by atoms with Crippen LogP contribution in [0.2, 0.25) is 0 Å². The molecule has 1 aromatic carbocycles. The van der Waals surface area contributed by atoms with Crippen LogP contribution in [0.1, 0.15) is 20.8 Å². The summed E-state index contributed by atoms with van der Waals surface area (Å²) in [5, 5.41) is 0. The van der Waals surface area contributed by atoms with Crippen LogP contribution in [0.5, 0.6) is 0 Å². The first-order valence-corrected chi connectivity index (χ1v) is 6.41. The molecule has 4 heteroatoms. The third-order valence-corrected chi connectivity index (χ3v) is 3.00. The lowest BCUT2D eigenvalue weighted by Gasteiger charge is -2.01. The number of halogens is 1. The molecule has 0 bridgehead atoms. The lowest BCUT2D eigenvalue weighted by Crippen LogP contribution is -2.43. The molecule has 2 aromatic rings. The molecule has 0 N–H and O–H groups in total. The Kier molecular flexibility index (Phi) is 4.42. The van der Waals surface area contributed by atoms with Crippen LogP contribution in [0.4, 0.5) is 0 Å². The van der Waals surface area contributed by atoms with Crippen LogP contribution in [0.3, 0.4) is 0 Å². The van der Waals surface area contributed by atoms with Gasteiger partial charge in [0.2, 0.25) is 23.8 Å². The van der Waals surface area contributed by atoms with Crippen LogP contribution < -0.4 is 4.57 Å². The van der Waals surface area contributed by atoms with Gasteiger partial charge in [0.25, 0.3) is 0 Å². The smallest absolute Gasteiger partial charge is 0.250 e. The molecule has 19 heavy (non-hydrogen) atoms. The molecule has 1 heterocycles. The fourth-order valence-corrected chi connectivity index (χ4v) is 1.94. The van der Waals surface area contributed by atoms with Gasteiger partial charge in [0.15, 0.2) is 6.20 Å². The molecule has 2 rings (SSSR count). The Hall–Kier alpha value is -2.00. The molecular weight excluding hydrogens is 262 g/mol. The highest BCUT2D eigenvalue weighted by atomic mass is 35.5. The number of Topliss-reactive ketones (excluding diaryl/α,β-unsaturated/α-hetero) is 2. The van der Waals surface area contributed by atoms with Crippen molar-refractivity contribution >= 4 is 23.2 Å². The molecule has 0 saturated carbocycles. The number of carbonyl (C=O) groups excluding carboxylic acids is 2.